The van der Waals surface area contributed by atoms with Crippen molar-refractivity contribution in [3.05, 3.63) is 0 Å². The van der Waals surface area contributed by atoms with E-state index in [1.165, 1.54) is 0 Å². The molecule has 0 aromatic heterocycles. The number of ether oxygens (including phenoxy) is 1. The number of hydrogen-bond acceptors (Lipinski definition) is 4. The van der Waals surface area contributed by atoms with Crippen LogP contribution < -0.4 is 5.32 Å². The van der Waals surface area contributed by atoms with Gasteiger partial charge in [-0.15, -0.1) is 0 Å². The lowest BCUT2D eigenvalue weighted by molar-refractivity contribution is 0.0106. The minimum atomic E-state index is -0.759. The van der Waals surface area contributed by atoms with Crippen molar-refractivity contribution >= 4 is 0 Å². The van der Waals surface area contributed by atoms with Crippen LogP contribution in [0.3, 0.4) is 0 Å². The fourth-order valence-electron chi connectivity index (χ4n) is 2.18. The Labute approximate surface area is 98.0 Å². The lowest BCUT2D eigenvalue weighted by Crippen LogP contribution is -2.45. The summed E-state index contributed by atoms with van der Waals surface area (Å²) in [7, 11) is 1.63. The molecule has 1 rings (SSSR count). The molecule has 0 saturated heterocycles. The molecule has 96 valence electrons. The Morgan fingerprint density at radius 3 is 2.56 bits per heavy atom. The third kappa shape index (κ3) is 4.78. The van der Waals surface area contributed by atoms with Gasteiger partial charge in [-0.25, -0.2) is 0 Å². The minimum Gasteiger partial charge on any atom is -0.389 e. The highest BCUT2D eigenvalue weighted by Gasteiger charge is 2.31. The van der Waals surface area contributed by atoms with Crippen LogP contribution >= 0.6 is 0 Å². The Bertz CT molecular complexity index is 200. The van der Waals surface area contributed by atoms with Crippen LogP contribution in [0.1, 0.15) is 39.0 Å². The molecule has 0 bridgehead atoms. The minimum absolute atomic E-state index is 0.499. The first-order valence-electron chi connectivity index (χ1n) is 6.12. The zero-order valence-corrected chi connectivity index (χ0v) is 10.5. The SMILES string of the molecule is COCCC(C)(O)CNCC1(O)CCCC1. The molecule has 1 atom stereocenters. The first-order chi connectivity index (χ1) is 7.47. The predicted molar refractivity (Wildman–Crippen MR) is 63.4 cm³/mol. The fourth-order valence-corrected chi connectivity index (χ4v) is 2.18. The molecule has 0 aromatic rings. The molecule has 0 amide bonds. The molecule has 4 heteroatoms. The molecule has 0 heterocycles. The van der Waals surface area contributed by atoms with E-state index in [1.807, 2.05) is 0 Å². The monoisotopic (exact) mass is 231 g/mol. The van der Waals surface area contributed by atoms with Crippen LogP contribution in [-0.2, 0) is 4.74 Å². The maximum absolute atomic E-state index is 10.1. The zero-order valence-electron chi connectivity index (χ0n) is 10.5. The van der Waals surface area contributed by atoms with Crippen molar-refractivity contribution in [2.45, 2.75) is 50.2 Å². The Morgan fingerprint density at radius 2 is 2.00 bits per heavy atom. The normalized spacial score (nSPS) is 23.2. The average Bonchev–Trinajstić information content (AvgIpc) is 2.62. The van der Waals surface area contributed by atoms with Crippen LogP contribution in [0.4, 0.5) is 0 Å². The van der Waals surface area contributed by atoms with Crippen LogP contribution in [0.5, 0.6) is 0 Å². The molecular weight excluding hydrogens is 206 g/mol. The third-order valence-electron chi connectivity index (χ3n) is 3.34. The van der Waals surface area contributed by atoms with Gasteiger partial charge in [0.25, 0.3) is 0 Å². The Kier molecular flexibility index (Phi) is 5.18. The maximum atomic E-state index is 10.1. The number of aliphatic hydroxyl groups is 2. The quantitative estimate of drug-likeness (QED) is 0.602. The van der Waals surface area contributed by atoms with Crippen LogP contribution in [0, 0.1) is 0 Å². The van der Waals surface area contributed by atoms with E-state index in [4.69, 9.17) is 4.74 Å². The van der Waals surface area contributed by atoms with E-state index in [2.05, 4.69) is 5.32 Å². The van der Waals surface area contributed by atoms with Gasteiger partial charge in [-0.05, 0) is 19.8 Å². The van der Waals surface area contributed by atoms with Crippen molar-refractivity contribution in [1.82, 2.24) is 5.32 Å². The van der Waals surface area contributed by atoms with Gasteiger partial charge >= 0.3 is 0 Å². The summed E-state index contributed by atoms with van der Waals surface area (Å²) in [5.41, 5.74) is -1.30. The van der Waals surface area contributed by atoms with Crippen molar-refractivity contribution < 1.29 is 14.9 Å². The molecule has 1 aliphatic carbocycles. The van der Waals surface area contributed by atoms with Crippen molar-refractivity contribution in [1.29, 1.82) is 0 Å². The summed E-state index contributed by atoms with van der Waals surface area (Å²) in [5, 5.41) is 23.2. The molecular formula is C12H25NO3. The van der Waals surface area contributed by atoms with Crippen LogP contribution in [-0.4, -0.2) is 48.2 Å². The Balaban J connectivity index is 2.18. The first-order valence-corrected chi connectivity index (χ1v) is 6.12. The van der Waals surface area contributed by atoms with Gasteiger partial charge in [-0.3, -0.25) is 0 Å². The standard InChI is InChI=1S/C12H25NO3/c1-11(14,7-8-16-2)9-13-10-12(15)5-3-4-6-12/h13-15H,3-10H2,1-2H3. The van der Waals surface area contributed by atoms with Gasteiger partial charge in [0.15, 0.2) is 0 Å². The van der Waals surface area contributed by atoms with Gasteiger partial charge in [0.05, 0.1) is 11.2 Å². The van der Waals surface area contributed by atoms with E-state index in [1.54, 1.807) is 14.0 Å². The van der Waals surface area contributed by atoms with Crippen LogP contribution in [0.25, 0.3) is 0 Å². The Hall–Kier alpha value is -0.160. The molecule has 0 aromatic carbocycles. The van der Waals surface area contributed by atoms with Crippen molar-refractivity contribution in [3.8, 4) is 0 Å². The molecule has 0 spiro atoms. The third-order valence-corrected chi connectivity index (χ3v) is 3.34. The second kappa shape index (κ2) is 5.96. The lowest BCUT2D eigenvalue weighted by atomic mass is 10.0. The molecule has 0 aliphatic heterocycles. The van der Waals surface area contributed by atoms with Crippen molar-refractivity contribution in [2.24, 2.45) is 0 Å². The molecule has 1 aliphatic rings. The summed E-state index contributed by atoms with van der Waals surface area (Å²) in [6.07, 6.45) is 4.58. The smallest absolute Gasteiger partial charge is 0.0771 e. The average molecular weight is 231 g/mol. The highest BCUT2D eigenvalue weighted by atomic mass is 16.5. The maximum Gasteiger partial charge on any atom is 0.0771 e. The summed E-state index contributed by atoms with van der Waals surface area (Å²) < 4.78 is 4.94. The van der Waals surface area contributed by atoms with Gasteiger partial charge < -0.3 is 20.3 Å². The van der Waals surface area contributed by atoms with Gasteiger partial charge in [-0.1, -0.05) is 12.8 Å². The molecule has 16 heavy (non-hydrogen) atoms. The number of hydrogen-bond donors (Lipinski definition) is 3. The summed E-state index contributed by atoms with van der Waals surface area (Å²) >= 11 is 0. The summed E-state index contributed by atoms with van der Waals surface area (Å²) in [6, 6.07) is 0. The number of methoxy groups -OCH3 is 1. The molecule has 3 N–H and O–H groups in total. The van der Waals surface area contributed by atoms with E-state index in [0.717, 1.165) is 25.7 Å². The molecule has 4 nitrogen and oxygen atoms in total. The van der Waals surface area contributed by atoms with Gasteiger partial charge in [-0.2, -0.15) is 0 Å². The van der Waals surface area contributed by atoms with E-state index < -0.39 is 11.2 Å². The highest BCUT2D eigenvalue weighted by molar-refractivity contribution is 4.87. The zero-order chi connectivity index (χ0) is 12.1. The van der Waals surface area contributed by atoms with E-state index in [0.29, 0.717) is 26.1 Å². The topological polar surface area (TPSA) is 61.7 Å². The lowest BCUT2D eigenvalue weighted by Gasteiger charge is -2.27. The Morgan fingerprint density at radius 1 is 1.38 bits per heavy atom. The number of nitrogens with one attached hydrogen (secondary N) is 1. The summed E-state index contributed by atoms with van der Waals surface area (Å²) in [6.45, 7) is 3.42. The van der Waals surface area contributed by atoms with Crippen molar-refractivity contribution in [2.75, 3.05) is 26.8 Å². The van der Waals surface area contributed by atoms with Gasteiger partial charge in [0, 0.05) is 33.2 Å². The van der Waals surface area contributed by atoms with Crippen molar-refractivity contribution in [3.63, 3.8) is 0 Å². The highest BCUT2D eigenvalue weighted by Crippen LogP contribution is 2.28. The molecule has 1 unspecified atom stereocenters. The molecule has 1 saturated carbocycles. The predicted octanol–water partition coefficient (Wildman–Crippen LogP) is 0.669. The van der Waals surface area contributed by atoms with Crippen LogP contribution in [0.2, 0.25) is 0 Å². The van der Waals surface area contributed by atoms with Crippen LogP contribution in [0.15, 0.2) is 0 Å². The first kappa shape index (κ1) is 13.9. The van der Waals surface area contributed by atoms with E-state index >= 15 is 0 Å². The molecule has 0 radical (unpaired) electrons. The number of rotatable bonds is 7. The summed E-state index contributed by atoms with van der Waals surface area (Å²) in [5.74, 6) is 0. The van der Waals surface area contributed by atoms with E-state index in [-0.39, 0.29) is 0 Å². The second-order valence-corrected chi connectivity index (χ2v) is 5.27. The largest absolute Gasteiger partial charge is 0.389 e. The summed E-state index contributed by atoms with van der Waals surface area (Å²) in [4.78, 5) is 0. The van der Waals surface area contributed by atoms with E-state index in [9.17, 15) is 10.2 Å². The molecule has 1 fully saturated rings. The van der Waals surface area contributed by atoms with Gasteiger partial charge in [0.2, 0.25) is 0 Å². The second-order valence-electron chi connectivity index (χ2n) is 5.27. The fraction of sp³-hybridized carbons (Fsp3) is 1.00. The van der Waals surface area contributed by atoms with Gasteiger partial charge in [0.1, 0.15) is 0 Å².